The standard InChI is InChI=1S/3C12H18N.Sc/c3*1-5-13(6-2)12-8-7-10(3)9-11(12)4;/h3*7-9H,4-6H2,1-3H3;/q3*-1;+3. The molecule has 0 radical (unpaired) electrons. The molecule has 3 aromatic rings. The predicted octanol–water partition coefficient (Wildman–Crippen LogP) is 9.07. The van der Waals surface area contributed by atoms with Gasteiger partial charge < -0.3 is 14.7 Å². The number of hydrogen-bond donors (Lipinski definition) is 0. The average Bonchev–Trinajstić information content (AvgIpc) is 2.90. The molecule has 0 unspecified atom stereocenters. The number of rotatable bonds is 9. The van der Waals surface area contributed by atoms with E-state index in [0.29, 0.717) is 0 Å². The number of aryl methyl sites for hydroxylation is 3. The number of benzene rings is 3. The zero-order valence-corrected chi connectivity index (χ0v) is 28.8. The first-order valence-corrected chi connectivity index (χ1v) is 14.6. The summed E-state index contributed by atoms with van der Waals surface area (Å²) in [6, 6.07) is 19.3. The molecule has 0 amide bonds. The molecule has 3 aromatic carbocycles. The van der Waals surface area contributed by atoms with Crippen molar-refractivity contribution >= 4 is 17.1 Å². The molecular formula is C36H54N3Sc. The summed E-state index contributed by atoms with van der Waals surface area (Å²) in [6.07, 6.45) is 0. The molecule has 0 N–H and O–H groups in total. The Balaban J connectivity index is 0.000000563. The Morgan fingerprint density at radius 3 is 0.775 bits per heavy atom. The van der Waals surface area contributed by atoms with Crippen molar-refractivity contribution in [1.82, 2.24) is 0 Å². The zero-order chi connectivity index (χ0) is 29.5. The molecule has 0 aliphatic heterocycles. The Labute approximate surface area is 266 Å². The van der Waals surface area contributed by atoms with E-state index in [1.54, 1.807) is 0 Å². The van der Waals surface area contributed by atoms with Crippen LogP contribution in [-0.2, 0) is 25.8 Å². The van der Waals surface area contributed by atoms with E-state index in [9.17, 15) is 0 Å². The summed E-state index contributed by atoms with van der Waals surface area (Å²) >= 11 is 0. The van der Waals surface area contributed by atoms with Crippen molar-refractivity contribution < 1.29 is 25.8 Å². The monoisotopic (exact) mass is 573 g/mol. The van der Waals surface area contributed by atoms with E-state index in [0.717, 1.165) is 56.0 Å². The van der Waals surface area contributed by atoms with Gasteiger partial charge in [-0.05, 0) is 41.5 Å². The Hall–Kier alpha value is -2.46. The zero-order valence-electron chi connectivity index (χ0n) is 27.0. The summed E-state index contributed by atoms with van der Waals surface area (Å²) in [5, 5.41) is 0. The van der Waals surface area contributed by atoms with E-state index >= 15 is 0 Å². The van der Waals surface area contributed by atoms with Gasteiger partial charge in [-0.3, -0.25) is 0 Å². The van der Waals surface area contributed by atoms with Crippen LogP contribution in [0.2, 0.25) is 0 Å². The molecule has 0 saturated carbocycles. The van der Waals surface area contributed by atoms with Crippen molar-refractivity contribution in [3.05, 3.63) is 109 Å². The topological polar surface area (TPSA) is 9.72 Å². The van der Waals surface area contributed by atoms with Crippen LogP contribution < -0.4 is 14.7 Å². The fourth-order valence-corrected chi connectivity index (χ4v) is 4.76. The van der Waals surface area contributed by atoms with Crippen molar-refractivity contribution in [1.29, 1.82) is 0 Å². The second kappa shape index (κ2) is 19.6. The average molecular weight is 574 g/mol. The maximum absolute atomic E-state index is 4.06. The van der Waals surface area contributed by atoms with Crippen LogP contribution in [0, 0.1) is 41.5 Å². The van der Waals surface area contributed by atoms with Crippen LogP contribution in [0.1, 0.15) is 74.9 Å². The largest absolute Gasteiger partial charge is 3.00 e. The second-order valence-electron chi connectivity index (χ2n) is 9.91. The van der Waals surface area contributed by atoms with E-state index in [-0.39, 0.29) is 25.8 Å². The third kappa shape index (κ3) is 11.6. The van der Waals surface area contributed by atoms with Crippen molar-refractivity contribution in [3.8, 4) is 0 Å². The Morgan fingerprint density at radius 2 is 0.625 bits per heavy atom. The SMILES string of the molecule is [CH2-]c1cc(C)ccc1N(CC)CC.[CH2-]c1cc(C)ccc1N(CC)CC.[CH2-]c1cc(C)ccc1N(CC)CC.[Sc+3]. The van der Waals surface area contributed by atoms with E-state index in [2.05, 4.69) is 152 Å². The molecule has 40 heavy (non-hydrogen) atoms. The van der Waals surface area contributed by atoms with Gasteiger partial charge >= 0.3 is 25.8 Å². The van der Waals surface area contributed by atoms with Crippen molar-refractivity contribution in [2.75, 3.05) is 54.0 Å². The first-order chi connectivity index (χ1) is 18.6. The van der Waals surface area contributed by atoms with Crippen LogP contribution in [0.25, 0.3) is 0 Å². The molecule has 0 aliphatic rings. The molecule has 3 nitrogen and oxygen atoms in total. The summed E-state index contributed by atoms with van der Waals surface area (Å²) in [5.74, 6) is 0. The summed E-state index contributed by atoms with van der Waals surface area (Å²) in [7, 11) is 0. The molecule has 0 saturated heterocycles. The number of hydrogen-bond acceptors (Lipinski definition) is 3. The van der Waals surface area contributed by atoms with Crippen molar-refractivity contribution in [2.45, 2.75) is 62.3 Å². The fourth-order valence-electron chi connectivity index (χ4n) is 4.76. The molecule has 4 heteroatoms. The maximum atomic E-state index is 4.06. The number of nitrogens with zero attached hydrogens (tertiary/aromatic N) is 3. The molecule has 3 rings (SSSR count). The molecule has 0 fully saturated rings. The van der Waals surface area contributed by atoms with Gasteiger partial charge in [-0.15, -0.1) is 16.7 Å². The molecule has 0 atom stereocenters. The Morgan fingerprint density at radius 1 is 0.425 bits per heavy atom. The van der Waals surface area contributed by atoms with E-state index < -0.39 is 0 Å². The molecule has 0 aliphatic carbocycles. The first-order valence-electron chi connectivity index (χ1n) is 14.6. The van der Waals surface area contributed by atoms with Crippen LogP contribution in [0.3, 0.4) is 0 Å². The summed E-state index contributed by atoms with van der Waals surface area (Å²) in [4.78, 5) is 6.96. The van der Waals surface area contributed by atoms with Crippen LogP contribution >= 0.6 is 0 Å². The molecular weight excluding hydrogens is 519 g/mol. The van der Waals surface area contributed by atoms with Gasteiger partial charge in [0.2, 0.25) is 0 Å². The predicted molar refractivity (Wildman–Crippen MR) is 178 cm³/mol. The maximum Gasteiger partial charge on any atom is 3.00 e. The van der Waals surface area contributed by atoms with Gasteiger partial charge in [0, 0.05) is 39.3 Å². The molecule has 0 spiro atoms. The van der Waals surface area contributed by atoms with E-state index in [4.69, 9.17) is 0 Å². The van der Waals surface area contributed by atoms with E-state index in [1.165, 1.54) is 33.8 Å². The van der Waals surface area contributed by atoms with Gasteiger partial charge in [0.25, 0.3) is 0 Å². The summed E-state index contributed by atoms with van der Waals surface area (Å²) in [5.41, 5.74) is 11.0. The minimum atomic E-state index is 0. The number of anilines is 3. The molecule has 0 aromatic heterocycles. The van der Waals surface area contributed by atoms with Gasteiger partial charge in [0.15, 0.2) is 0 Å². The third-order valence-electron chi connectivity index (χ3n) is 7.02. The molecule has 0 heterocycles. The van der Waals surface area contributed by atoms with Crippen LogP contribution in [0.15, 0.2) is 54.6 Å². The van der Waals surface area contributed by atoms with Gasteiger partial charge in [-0.1, -0.05) is 74.2 Å². The smallest absolute Gasteiger partial charge is 0.424 e. The Kier molecular flexibility index (Phi) is 18.4. The normalized spacial score (nSPS) is 9.82. The molecule has 0 bridgehead atoms. The van der Waals surface area contributed by atoms with Gasteiger partial charge in [0.1, 0.15) is 0 Å². The van der Waals surface area contributed by atoms with Gasteiger partial charge in [-0.25, -0.2) is 0 Å². The van der Waals surface area contributed by atoms with Crippen molar-refractivity contribution in [2.24, 2.45) is 0 Å². The van der Waals surface area contributed by atoms with Crippen LogP contribution in [0.5, 0.6) is 0 Å². The summed E-state index contributed by atoms with van der Waals surface area (Å²) in [6.45, 7) is 37.7. The minimum absolute atomic E-state index is 0. The van der Waals surface area contributed by atoms with Gasteiger partial charge in [-0.2, -0.15) is 55.7 Å². The molecule has 216 valence electrons. The summed E-state index contributed by atoms with van der Waals surface area (Å²) < 4.78 is 0. The van der Waals surface area contributed by atoms with E-state index in [1.807, 2.05) is 0 Å². The minimum Gasteiger partial charge on any atom is -0.424 e. The van der Waals surface area contributed by atoms with Crippen molar-refractivity contribution in [3.63, 3.8) is 0 Å². The van der Waals surface area contributed by atoms with Crippen LogP contribution in [0.4, 0.5) is 17.1 Å². The fraction of sp³-hybridized carbons (Fsp3) is 0.417. The first kappa shape index (κ1) is 37.5. The third-order valence-corrected chi connectivity index (χ3v) is 7.02. The van der Waals surface area contributed by atoms with Crippen LogP contribution in [-0.4, -0.2) is 39.3 Å². The quantitative estimate of drug-likeness (QED) is 0.237. The Bertz CT molecular complexity index is 972. The second-order valence-corrected chi connectivity index (χ2v) is 9.91. The van der Waals surface area contributed by atoms with Gasteiger partial charge in [0.05, 0.1) is 0 Å².